The predicted molar refractivity (Wildman–Crippen MR) is 124 cm³/mol. The van der Waals surface area contributed by atoms with Crippen molar-refractivity contribution >= 4 is 42.3 Å². The molecule has 0 aliphatic carbocycles. The van der Waals surface area contributed by atoms with Gasteiger partial charge in [0.2, 0.25) is 17.7 Å². The van der Waals surface area contributed by atoms with Gasteiger partial charge in [0.25, 0.3) is 0 Å². The van der Waals surface area contributed by atoms with E-state index in [1.807, 2.05) is 0 Å². The van der Waals surface area contributed by atoms with Gasteiger partial charge >= 0.3 is 11.9 Å². The van der Waals surface area contributed by atoms with E-state index in [1.54, 1.807) is 13.8 Å². The second kappa shape index (κ2) is 14.2. The van der Waals surface area contributed by atoms with E-state index in [9.17, 15) is 24.0 Å². The van der Waals surface area contributed by atoms with Gasteiger partial charge in [-0.15, -0.1) is 0 Å². The van der Waals surface area contributed by atoms with Crippen LogP contribution in [0.2, 0.25) is 0 Å². The van der Waals surface area contributed by atoms with Crippen molar-refractivity contribution in [1.82, 2.24) is 25.9 Å². The number of carboxylic acid groups (broad SMARTS) is 2. The number of aliphatic carboxylic acids is 2. The summed E-state index contributed by atoms with van der Waals surface area (Å²) in [6.45, 7) is 3.61. The van der Waals surface area contributed by atoms with Crippen molar-refractivity contribution in [3.05, 3.63) is 18.2 Å². The minimum absolute atomic E-state index is 0.0507. The Hall–Kier alpha value is -3.13. The first-order valence-corrected chi connectivity index (χ1v) is 11.3. The number of thiol groups is 1. The molecule has 0 aliphatic heterocycles. The molecule has 4 unspecified atom stereocenters. The summed E-state index contributed by atoms with van der Waals surface area (Å²) in [6, 6.07) is -4.69. The molecule has 0 spiro atoms. The summed E-state index contributed by atoms with van der Waals surface area (Å²) in [5.74, 6) is -4.88. The SMILES string of the molecule is CC(C)CC(NC(=O)C(CCC(=O)O)NC(=O)C(N)Cc1cnc[nH]1)C(=O)NC(CS)C(=O)O. The Balaban J connectivity index is 2.94. The van der Waals surface area contributed by atoms with Gasteiger partial charge in [0, 0.05) is 30.5 Å². The van der Waals surface area contributed by atoms with Gasteiger partial charge in [-0.25, -0.2) is 9.78 Å². The minimum Gasteiger partial charge on any atom is -0.481 e. The standard InChI is InChI=1S/C20H32N6O7S/c1-10(2)5-14(19(31)26-15(8-34)20(32)33)25-18(30)13(3-4-16(27)28)24-17(29)12(21)6-11-7-22-9-23-11/h7,9-10,12-15,34H,3-6,8,21H2,1-2H3,(H,22,23)(H,24,29)(H,25,30)(H,26,31)(H,27,28)(H,32,33). The van der Waals surface area contributed by atoms with Gasteiger partial charge in [0.15, 0.2) is 0 Å². The van der Waals surface area contributed by atoms with E-state index in [0.717, 1.165) is 0 Å². The maximum Gasteiger partial charge on any atom is 0.327 e. The highest BCUT2D eigenvalue weighted by Crippen LogP contribution is 2.08. The van der Waals surface area contributed by atoms with Crippen LogP contribution in [0.25, 0.3) is 0 Å². The van der Waals surface area contributed by atoms with Gasteiger partial charge in [0.05, 0.1) is 12.4 Å². The summed E-state index contributed by atoms with van der Waals surface area (Å²) in [5, 5.41) is 25.4. The molecule has 14 heteroatoms. The summed E-state index contributed by atoms with van der Waals surface area (Å²) in [6.07, 6.45) is 2.54. The van der Waals surface area contributed by atoms with E-state index in [0.29, 0.717) is 5.69 Å². The number of aromatic nitrogens is 2. The van der Waals surface area contributed by atoms with Crippen LogP contribution in [-0.4, -0.2) is 79.8 Å². The first kappa shape index (κ1) is 28.9. The van der Waals surface area contributed by atoms with Crippen LogP contribution in [-0.2, 0) is 30.4 Å². The van der Waals surface area contributed by atoms with Crippen molar-refractivity contribution in [2.75, 3.05) is 5.75 Å². The van der Waals surface area contributed by atoms with Crippen LogP contribution < -0.4 is 21.7 Å². The van der Waals surface area contributed by atoms with E-state index >= 15 is 0 Å². The lowest BCUT2D eigenvalue weighted by Gasteiger charge is -2.25. The molecule has 1 heterocycles. The molecule has 0 saturated carbocycles. The smallest absolute Gasteiger partial charge is 0.327 e. The predicted octanol–water partition coefficient (Wildman–Crippen LogP) is -1.34. The number of nitrogens with two attached hydrogens (primary N) is 1. The Morgan fingerprint density at radius 1 is 1.03 bits per heavy atom. The Kier molecular flexibility index (Phi) is 12.1. The number of rotatable bonds is 15. The average Bonchev–Trinajstić information content (AvgIpc) is 3.26. The number of carbonyl (C=O) groups excluding carboxylic acids is 3. The summed E-state index contributed by atoms with van der Waals surface area (Å²) >= 11 is 3.90. The third kappa shape index (κ3) is 10.2. The van der Waals surface area contributed by atoms with E-state index in [-0.39, 0.29) is 30.9 Å². The number of aromatic amines is 1. The molecule has 8 N–H and O–H groups in total. The van der Waals surface area contributed by atoms with Crippen molar-refractivity contribution in [2.24, 2.45) is 11.7 Å². The number of amides is 3. The number of nitrogens with one attached hydrogen (secondary N) is 4. The fourth-order valence-corrected chi connectivity index (χ4v) is 3.22. The molecule has 0 saturated heterocycles. The molecule has 13 nitrogen and oxygen atoms in total. The van der Waals surface area contributed by atoms with Gasteiger partial charge < -0.3 is 36.9 Å². The Morgan fingerprint density at radius 3 is 2.12 bits per heavy atom. The molecule has 1 rings (SSSR count). The van der Waals surface area contributed by atoms with Crippen LogP contribution in [0.4, 0.5) is 0 Å². The average molecular weight is 501 g/mol. The molecule has 0 fully saturated rings. The lowest BCUT2D eigenvalue weighted by atomic mass is 10.0. The highest BCUT2D eigenvalue weighted by Gasteiger charge is 2.30. The molecule has 1 aromatic heterocycles. The van der Waals surface area contributed by atoms with Crippen LogP contribution in [0.1, 0.15) is 38.8 Å². The monoisotopic (exact) mass is 500 g/mol. The van der Waals surface area contributed by atoms with Crippen molar-refractivity contribution in [3.63, 3.8) is 0 Å². The van der Waals surface area contributed by atoms with Crippen LogP contribution in [0, 0.1) is 5.92 Å². The lowest BCUT2D eigenvalue weighted by molar-refractivity contribution is -0.141. The highest BCUT2D eigenvalue weighted by atomic mass is 32.1. The van der Waals surface area contributed by atoms with Gasteiger partial charge in [-0.3, -0.25) is 19.2 Å². The zero-order chi connectivity index (χ0) is 25.8. The number of imidazole rings is 1. The third-order valence-corrected chi connectivity index (χ3v) is 5.11. The first-order chi connectivity index (χ1) is 15.9. The third-order valence-electron chi connectivity index (χ3n) is 4.75. The van der Waals surface area contributed by atoms with Gasteiger partial charge in [-0.2, -0.15) is 12.6 Å². The summed E-state index contributed by atoms with van der Waals surface area (Å²) in [5.41, 5.74) is 6.49. The zero-order valence-electron chi connectivity index (χ0n) is 19.0. The van der Waals surface area contributed by atoms with Crippen LogP contribution >= 0.6 is 12.6 Å². The normalized spacial score (nSPS) is 14.5. The van der Waals surface area contributed by atoms with E-state index < -0.39 is 60.2 Å². The summed E-state index contributed by atoms with van der Waals surface area (Å²) in [4.78, 5) is 67.0. The molecule has 3 amide bonds. The van der Waals surface area contributed by atoms with Crippen LogP contribution in [0.3, 0.4) is 0 Å². The minimum atomic E-state index is -1.28. The molecular weight excluding hydrogens is 468 g/mol. The number of hydrogen-bond acceptors (Lipinski definition) is 8. The largest absolute Gasteiger partial charge is 0.481 e. The van der Waals surface area contributed by atoms with Crippen molar-refractivity contribution in [1.29, 1.82) is 0 Å². The van der Waals surface area contributed by atoms with Crippen molar-refractivity contribution in [2.45, 2.75) is 63.7 Å². The van der Waals surface area contributed by atoms with Crippen LogP contribution in [0.5, 0.6) is 0 Å². The molecule has 4 atom stereocenters. The molecule has 34 heavy (non-hydrogen) atoms. The van der Waals surface area contributed by atoms with Crippen molar-refractivity contribution in [3.8, 4) is 0 Å². The summed E-state index contributed by atoms with van der Waals surface area (Å²) in [7, 11) is 0. The van der Waals surface area contributed by atoms with Crippen molar-refractivity contribution < 1.29 is 34.2 Å². The second-order valence-corrected chi connectivity index (χ2v) is 8.52. The number of hydrogen-bond donors (Lipinski definition) is 8. The van der Waals surface area contributed by atoms with Gasteiger partial charge in [-0.05, 0) is 18.8 Å². The molecular formula is C20H32N6O7S. The zero-order valence-corrected chi connectivity index (χ0v) is 19.9. The Morgan fingerprint density at radius 2 is 1.62 bits per heavy atom. The van der Waals surface area contributed by atoms with Gasteiger partial charge in [-0.1, -0.05) is 13.8 Å². The number of H-pyrrole nitrogens is 1. The number of carboxylic acids is 2. The number of carbonyl (C=O) groups is 5. The van der Waals surface area contributed by atoms with Crippen LogP contribution in [0.15, 0.2) is 12.5 Å². The fourth-order valence-electron chi connectivity index (χ4n) is 2.97. The quantitative estimate of drug-likeness (QED) is 0.133. The van der Waals surface area contributed by atoms with E-state index in [1.165, 1.54) is 12.5 Å². The van der Waals surface area contributed by atoms with E-state index in [4.69, 9.17) is 15.9 Å². The topological polar surface area (TPSA) is 217 Å². The molecule has 190 valence electrons. The maximum absolute atomic E-state index is 12.9. The summed E-state index contributed by atoms with van der Waals surface area (Å²) < 4.78 is 0. The number of nitrogens with zero attached hydrogens (tertiary/aromatic N) is 1. The highest BCUT2D eigenvalue weighted by molar-refractivity contribution is 7.80. The Labute approximate surface area is 202 Å². The Bertz CT molecular complexity index is 848. The van der Waals surface area contributed by atoms with E-state index in [2.05, 4.69) is 38.5 Å². The molecule has 0 radical (unpaired) electrons. The molecule has 0 aromatic carbocycles. The molecule has 1 aromatic rings. The molecule has 0 aliphatic rings. The molecule has 0 bridgehead atoms. The van der Waals surface area contributed by atoms with Gasteiger partial charge in [0.1, 0.15) is 18.1 Å². The second-order valence-electron chi connectivity index (χ2n) is 8.15. The first-order valence-electron chi connectivity index (χ1n) is 10.6. The maximum atomic E-state index is 12.9. The fraction of sp³-hybridized carbons (Fsp3) is 0.600. The lowest BCUT2D eigenvalue weighted by Crippen LogP contribution is -2.57.